The zero-order valence-corrected chi connectivity index (χ0v) is 17.1. The van der Waals surface area contributed by atoms with E-state index in [9.17, 15) is 9.90 Å². The van der Waals surface area contributed by atoms with Crippen LogP contribution in [0.15, 0.2) is 22.7 Å². The van der Waals surface area contributed by atoms with Crippen molar-refractivity contribution in [3.8, 4) is 11.5 Å². The number of rotatable bonds is 4. The Kier molecular flexibility index (Phi) is 4.94. The van der Waals surface area contributed by atoms with Crippen LogP contribution in [0.4, 0.5) is 0 Å². The van der Waals surface area contributed by atoms with Gasteiger partial charge in [-0.2, -0.15) is 0 Å². The highest BCUT2D eigenvalue weighted by atomic mass is 79.9. The Balaban J connectivity index is 1.80. The van der Waals surface area contributed by atoms with Gasteiger partial charge in [0.2, 0.25) is 0 Å². The molecule has 4 rings (SSSR count). The number of esters is 1. The van der Waals surface area contributed by atoms with E-state index in [2.05, 4.69) is 26.9 Å². The van der Waals surface area contributed by atoms with Crippen LogP contribution in [0.25, 0.3) is 0 Å². The number of benzene rings is 1. The first-order valence-corrected chi connectivity index (χ1v) is 10.1. The Hall–Kier alpha value is -1.57. The number of aliphatic hydroxyl groups is 1. The van der Waals surface area contributed by atoms with E-state index in [0.29, 0.717) is 25.3 Å². The molecular formula is C20H24BrNO5. The van der Waals surface area contributed by atoms with Gasteiger partial charge in [-0.3, -0.25) is 9.69 Å². The minimum atomic E-state index is -0.508. The third-order valence-corrected chi connectivity index (χ3v) is 6.48. The van der Waals surface area contributed by atoms with Gasteiger partial charge < -0.3 is 19.3 Å². The lowest BCUT2D eigenvalue weighted by Gasteiger charge is -2.35. The lowest BCUT2D eigenvalue weighted by atomic mass is 9.69. The van der Waals surface area contributed by atoms with Gasteiger partial charge in [0.15, 0.2) is 11.5 Å². The molecule has 6 nitrogen and oxygen atoms in total. The number of methoxy groups -OCH3 is 1. The van der Waals surface area contributed by atoms with Gasteiger partial charge in [0.25, 0.3) is 0 Å². The van der Waals surface area contributed by atoms with E-state index in [1.807, 2.05) is 19.1 Å². The molecule has 2 aliphatic heterocycles. The maximum absolute atomic E-state index is 12.0. The molecule has 0 bridgehead atoms. The van der Waals surface area contributed by atoms with Gasteiger partial charge in [0, 0.05) is 29.5 Å². The number of hydrogen-bond acceptors (Lipinski definition) is 6. The predicted octanol–water partition coefficient (Wildman–Crippen LogP) is 2.55. The lowest BCUT2D eigenvalue weighted by Crippen LogP contribution is -2.43. The second-order valence-electron chi connectivity index (χ2n) is 7.32. The third kappa shape index (κ3) is 3.05. The van der Waals surface area contributed by atoms with Gasteiger partial charge in [-0.25, -0.2) is 0 Å². The highest BCUT2D eigenvalue weighted by Gasteiger charge is 2.53. The van der Waals surface area contributed by atoms with Gasteiger partial charge in [-0.05, 0) is 25.0 Å². The monoisotopic (exact) mass is 437 g/mol. The van der Waals surface area contributed by atoms with Gasteiger partial charge >= 0.3 is 5.97 Å². The number of hydrogen-bond donors (Lipinski definition) is 1. The summed E-state index contributed by atoms with van der Waals surface area (Å²) in [6, 6.07) is 1.92. The van der Waals surface area contributed by atoms with E-state index >= 15 is 0 Å². The molecule has 0 fully saturated rings. The summed E-state index contributed by atoms with van der Waals surface area (Å²) in [5.74, 6) is 1.24. The summed E-state index contributed by atoms with van der Waals surface area (Å²) < 4.78 is 18.0. The molecule has 1 aromatic rings. The van der Waals surface area contributed by atoms with E-state index in [1.54, 1.807) is 7.11 Å². The van der Waals surface area contributed by atoms with Crippen LogP contribution >= 0.6 is 15.9 Å². The molecule has 0 saturated carbocycles. The summed E-state index contributed by atoms with van der Waals surface area (Å²) >= 11 is 3.70. The quantitative estimate of drug-likeness (QED) is 0.576. The van der Waals surface area contributed by atoms with Crippen LogP contribution in [0.3, 0.4) is 0 Å². The smallest absolute Gasteiger partial charge is 0.320 e. The molecular weight excluding hydrogens is 414 g/mol. The summed E-state index contributed by atoms with van der Waals surface area (Å²) in [5.41, 5.74) is 1.91. The molecule has 3 aliphatic rings. The Morgan fingerprint density at radius 2 is 2.33 bits per heavy atom. The van der Waals surface area contributed by atoms with Crippen molar-refractivity contribution in [3.63, 3.8) is 0 Å². The van der Waals surface area contributed by atoms with E-state index in [-0.39, 0.29) is 24.0 Å². The predicted molar refractivity (Wildman–Crippen MR) is 103 cm³/mol. The highest BCUT2D eigenvalue weighted by molar-refractivity contribution is 9.10. The molecule has 0 saturated heterocycles. The molecule has 3 atom stereocenters. The number of aliphatic hydroxyl groups excluding tert-OH is 1. The van der Waals surface area contributed by atoms with Crippen molar-refractivity contribution in [2.24, 2.45) is 0 Å². The van der Waals surface area contributed by atoms with Gasteiger partial charge in [0.1, 0.15) is 6.10 Å². The largest absolute Gasteiger partial charge is 0.493 e. The first-order valence-electron chi connectivity index (χ1n) is 9.30. The van der Waals surface area contributed by atoms with Crippen molar-refractivity contribution < 1.29 is 24.1 Å². The van der Waals surface area contributed by atoms with Crippen LogP contribution in [-0.4, -0.2) is 55.0 Å². The summed E-state index contributed by atoms with van der Waals surface area (Å²) in [6.07, 6.45) is 4.67. The summed E-state index contributed by atoms with van der Waals surface area (Å²) in [6.45, 7) is 3.82. The average molecular weight is 438 g/mol. The van der Waals surface area contributed by atoms with Crippen molar-refractivity contribution in [1.82, 2.24) is 4.90 Å². The number of ether oxygens (including phenoxy) is 3. The number of halogens is 1. The maximum Gasteiger partial charge on any atom is 0.320 e. The van der Waals surface area contributed by atoms with Crippen molar-refractivity contribution >= 4 is 21.9 Å². The summed E-state index contributed by atoms with van der Waals surface area (Å²) in [7, 11) is 1.64. The topological polar surface area (TPSA) is 68.2 Å². The SMILES string of the molecule is CCOC(=O)CN1CCC23C=C[C@H](O)CC2Oc2c(OC)cc(Br)c(c23)C1. The fraction of sp³-hybridized carbons (Fsp3) is 0.550. The molecule has 7 heteroatoms. The van der Waals surface area contributed by atoms with Crippen molar-refractivity contribution in [3.05, 3.63) is 33.8 Å². The van der Waals surface area contributed by atoms with Crippen molar-refractivity contribution in [1.29, 1.82) is 0 Å². The standard InChI is InChI=1S/C20H24BrNO5/c1-3-26-17(24)11-22-7-6-20-5-4-12(23)8-16(20)27-19-15(25-2)9-14(21)13(10-22)18(19)20/h4-5,9,12,16,23H,3,6-8,10-11H2,1-2H3/t12-,16?,20?/m0/s1. The fourth-order valence-electron chi connectivity index (χ4n) is 4.54. The van der Waals surface area contributed by atoms with Crippen LogP contribution in [-0.2, 0) is 21.5 Å². The van der Waals surface area contributed by atoms with Crippen LogP contribution in [0.1, 0.15) is 30.9 Å². The number of carbonyl (C=O) groups is 1. The zero-order chi connectivity index (χ0) is 19.2. The molecule has 146 valence electrons. The molecule has 1 aliphatic carbocycles. The van der Waals surface area contributed by atoms with E-state index < -0.39 is 6.10 Å². The van der Waals surface area contributed by atoms with Gasteiger partial charge in [-0.1, -0.05) is 28.1 Å². The normalized spacial score (nSPS) is 28.7. The molecule has 0 amide bonds. The molecule has 2 heterocycles. The fourth-order valence-corrected chi connectivity index (χ4v) is 5.07. The first kappa shape index (κ1) is 18.8. The minimum Gasteiger partial charge on any atom is -0.493 e. The molecule has 0 aromatic heterocycles. The van der Waals surface area contributed by atoms with Crippen LogP contribution in [0, 0.1) is 0 Å². The van der Waals surface area contributed by atoms with Crippen LogP contribution in [0.5, 0.6) is 11.5 Å². The highest BCUT2D eigenvalue weighted by Crippen LogP contribution is 2.57. The molecule has 2 unspecified atom stereocenters. The van der Waals surface area contributed by atoms with Gasteiger partial charge in [0.05, 0.1) is 31.8 Å². The van der Waals surface area contributed by atoms with Crippen molar-refractivity contribution in [2.45, 2.75) is 43.9 Å². The van der Waals surface area contributed by atoms with E-state index in [4.69, 9.17) is 14.2 Å². The Bertz CT molecular complexity index is 795. The Labute approximate surface area is 167 Å². The molecule has 1 aromatic carbocycles. The minimum absolute atomic E-state index is 0.142. The van der Waals surface area contributed by atoms with Crippen LogP contribution in [0.2, 0.25) is 0 Å². The third-order valence-electron chi connectivity index (χ3n) is 5.77. The molecule has 1 N–H and O–H groups in total. The molecule has 27 heavy (non-hydrogen) atoms. The molecule has 1 spiro atoms. The zero-order valence-electron chi connectivity index (χ0n) is 15.5. The summed E-state index contributed by atoms with van der Waals surface area (Å²) in [5, 5.41) is 10.1. The Morgan fingerprint density at radius 1 is 1.52 bits per heavy atom. The number of nitrogens with zero attached hydrogens (tertiary/aromatic N) is 1. The first-order chi connectivity index (χ1) is 13.0. The summed E-state index contributed by atoms with van der Waals surface area (Å²) in [4.78, 5) is 14.2. The average Bonchev–Trinajstić information content (AvgIpc) is 2.86. The lowest BCUT2D eigenvalue weighted by molar-refractivity contribution is -0.144. The Morgan fingerprint density at radius 3 is 3.07 bits per heavy atom. The van der Waals surface area contributed by atoms with E-state index in [0.717, 1.165) is 34.3 Å². The van der Waals surface area contributed by atoms with Crippen molar-refractivity contribution in [2.75, 3.05) is 26.8 Å². The van der Waals surface area contributed by atoms with Crippen LogP contribution < -0.4 is 9.47 Å². The maximum atomic E-state index is 12.0. The second kappa shape index (κ2) is 7.11. The number of carbonyl (C=O) groups excluding carboxylic acids is 1. The molecule has 0 radical (unpaired) electrons. The second-order valence-corrected chi connectivity index (χ2v) is 8.17. The van der Waals surface area contributed by atoms with E-state index in [1.165, 1.54) is 0 Å². The van der Waals surface area contributed by atoms with Gasteiger partial charge in [-0.15, -0.1) is 0 Å².